The van der Waals surface area contributed by atoms with Crippen molar-refractivity contribution in [2.45, 2.75) is 6.92 Å². The molecule has 1 rings (SSSR count). The van der Waals surface area contributed by atoms with E-state index < -0.39 is 0 Å². The first-order valence-electron chi connectivity index (χ1n) is 5.71. The maximum atomic E-state index is 11.9. The van der Waals surface area contributed by atoms with Gasteiger partial charge in [0.2, 0.25) is 0 Å². The zero-order valence-electron chi connectivity index (χ0n) is 10.4. The van der Waals surface area contributed by atoms with E-state index in [1.165, 1.54) is 7.11 Å². The molecular formula is C13H19NO3. The summed E-state index contributed by atoms with van der Waals surface area (Å²) in [7, 11) is 1.52. The number of carbonyl (C=O) groups excluding carboxylic acids is 1. The zero-order valence-corrected chi connectivity index (χ0v) is 10.4. The molecule has 0 unspecified atom stereocenters. The lowest BCUT2D eigenvalue weighted by Gasteiger charge is -2.22. The molecule has 4 heteroatoms. The highest BCUT2D eigenvalue weighted by atomic mass is 16.5. The molecule has 0 atom stereocenters. The van der Waals surface area contributed by atoms with E-state index in [4.69, 9.17) is 9.47 Å². The van der Waals surface area contributed by atoms with Gasteiger partial charge in [0.25, 0.3) is 5.91 Å². The molecule has 1 aromatic rings. The van der Waals surface area contributed by atoms with Crippen molar-refractivity contribution in [3.8, 4) is 0 Å². The maximum Gasteiger partial charge on any atom is 0.253 e. The first-order chi connectivity index (χ1) is 8.29. The average Bonchev–Trinajstić information content (AvgIpc) is 2.36. The molecule has 0 heterocycles. The number of para-hydroxylation sites is 1. The van der Waals surface area contributed by atoms with Gasteiger partial charge in [0.05, 0.1) is 6.61 Å². The second-order valence-electron chi connectivity index (χ2n) is 3.51. The van der Waals surface area contributed by atoms with Crippen molar-refractivity contribution in [1.82, 2.24) is 0 Å². The third-order valence-electron chi connectivity index (χ3n) is 2.30. The summed E-state index contributed by atoms with van der Waals surface area (Å²) in [6.45, 7) is 3.74. The molecule has 0 bridgehead atoms. The van der Waals surface area contributed by atoms with Crippen molar-refractivity contribution in [2.24, 2.45) is 0 Å². The van der Waals surface area contributed by atoms with Gasteiger partial charge < -0.3 is 14.4 Å². The molecule has 0 aliphatic heterocycles. The topological polar surface area (TPSA) is 38.8 Å². The minimum Gasteiger partial charge on any atom is -0.380 e. The second kappa shape index (κ2) is 7.81. The Balaban J connectivity index is 2.68. The highest BCUT2D eigenvalue weighted by molar-refractivity contribution is 5.94. The molecule has 1 aromatic carbocycles. The predicted octanol–water partition coefficient (Wildman–Crippen LogP) is 1.70. The van der Waals surface area contributed by atoms with Gasteiger partial charge in [-0.15, -0.1) is 0 Å². The van der Waals surface area contributed by atoms with Gasteiger partial charge in [0.1, 0.15) is 6.61 Å². The lowest BCUT2D eigenvalue weighted by molar-refractivity contribution is -0.122. The number of ether oxygens (including phenoxy) is 2. The highest BCUT2D eigenvalue weighted by Gasteiger charge is 2.14. The zero-order chi connectivity index (χ0) is 12.5. The second-order valence-corrected chi connectivity index (χ2v) is 3.51. The molecule has 1 amide bonds. The number of hydrogen-bond donors (Lipinski definition) is 0. The summed E-state index contributed by atoms with van der Waals surface area (Å²) < 4.78 is 10.2. The number of rotatable bonds is 7. The number of hydrogen-bond acceptors (Lipinski definition) is 3. The number of carbonyl (C=O) groups is 1. The van der Waals surface area contributed by atoms with Crippen LogP contribution in [0.2, 0.25) is 0 Å². The minimum absolute atomic E-state index is 0.0570. The lowest BCUT2D eigenvalue weighted by atomic mass is 10.3. The summed E-state index contributed by atoms with van der Waals surface area (Å²) in [5.74, 6) is -0.0570. The summed E-state index contributed by atoms with van der Waals surface area (Å²) in [6.07, 6.45) is 0. The normalized spacial score (nSPS) is 10.2. The summed E-state index contributed by atoms with van der Waals surface area (Å²) in [4.78, 5) is 13.6. The number of benzene rings is 1. The van der Waals surface area contributed by atoms with E-state index in [9.17, 15) is 4.79 Å². The Labute approximate surface area is 102 Å². The van der Waals surface area contributed by atoms with Crippen LogP contribution in [0.4, 0.5) is 5.69 Å². The highest BCUT2D eigenvalue weighted by Crippen LogP contribution is 2.13. The largest absolute Gasteiger partial charge is 0.380 e. The quantitative estimate of drug-likeness (QED) is 0.678. The molecule has 0 saturated heterocycles. The fourth-order valence-electron chi connectivity index (χ4n) is 1.51. The molecule has 17 heavy (non-hydrogen) atoms. The predicted molar refractivity (Wildman–Crippen MR) is 67.2 cm³/mol. The van der Waals surface area contributed by atoms with Crippen LogP contribution in [0.1, 0.15) is 6.92 Å². The first-order valence-corrected chi connectivity index (χ1v) is 5.71. The number of methoxy groups -OCH3 is 1. The molecule has 0 spiro atoms. The van der Waals surface area contributed by atoms with Crippen LogP contribution in [0.15, 0.2) is 30.3 Å². The van der Waals surface area contributed by atoms with Crippen molar-refractivity contribution in [2.75, 3.05) is 38.4 Å². The van der Waals surface area contributed by atoms with Crippen LogP contribution in [-0.2, 0) is 14.3 Å². The molecule has 0 aliphatic rings. The first kappa shape index (κ1) is 13.7. The Bertz CT molecular complexity index is 327. The van der Waals surface area contributed by atoms with E-state index >= 15 is 0 Å². The number of nitrogens with zero attached hydrogens (tertiary/aromatic N) is 1. The summed E-state index contributed by atoms with van der Waals surface area (Å²) in [5.41, 5.74) is 0.870. The third-order valence-corrected chi connectivity index (χ3v) is 2.30. The molecule has 0 radical (unpaired) electrons. The van der Waals surface area contributed by atoms with Gasteiger partial charge in [0, 0.05) is 25.9 Å². The van der Waals surface area contributed by atoms with Crippen LogP contribution < -0.4 is 4.90 Å². The molecule has 0 N–H and O–H groups in total. The van der Waals surface area contributed by atoms with Crippen molar-refractivity contribution in [3.63, 3.8) is 0 Å². The van der Waals surface area contributed by atoms with E-state index in [0.717, 1.165) is 5.69 Å². The molecule has 94 valence electrons. The fourth-order valence-corrected chi connectivity index (χ4v) is 1.51. The Morgan fingerprint density at radius 2 is 2.00 bits per heavy atom. The van der Waals surface area contributed by atoms with Crippen LogP contribution in [0.5, 0.6) is 0 Å². The SMILES string of the molecule is CCOCCN(C(=O)COC)c1ccccc1. The number of amides is 1. The molecule has 0 aromatic heterocycles. The van der Waals surface area contributed by atoms with E-state index in [2.05, 4.69) is 0 Å². The van der Waals surface area contributed by atoms with Crippen LogP contribution >= 0.6 is 0 Å². The fraction of sp³-hybridized carbons (Fsp3) is 0.462. The van der Waals surface area contributed by atoms with Crippen LogP contribution in [0.3, 0.4) is 0 Å². The molecular weight excluding hydrogens is 218 g/mol. The van der Waals surface area contributed by atoms with Crippen LogP contribution in [-0.4, -0.2) is 39.4 Å². The number of anilines is 1. The van der Waals surface area contributed by atoms with E-state index in [-0.39, 0.29) is 12.5 Å². The third kappa shape index (κ3) is 4.54. The minimum atomic E-state index is -0.0570. The van der Waals surface area contributed by atoms with Gasteiger partial charge in [-0.1, -0.05) is 18.2 Å². The van der Waals surface area contributed by atoms with Crippen molar-refractivity contribution in [1.29, 1.82) is 0 Å². The van der Waals surface area contributed by atoms with Gasteiger partial charge in [-0.3, -0.25) is 4.79 Å². The average molecular weight is 237 g/mol. The lowest BCUT2D eigenvalue weighted by Crippen LogP contribution is -2.36. The maximum absolute atomic E-state index is 11.9. The van der Waals surface area contributed by atoms with Crippen LogP contribution in [0.25, 0.3) is 0 Å². The molecule has 0 fully saturated rings. The standard InChI is InChI=1S/C13H19NO3/c1-3-17-10-9-14(13(15)11-16-2)12-7-5-4-6-8-12/h4-8H,3,9-11H2,1-2H3. The molecule has 0 aliphatic carbocycles. The Kier molecular flexibility index (Phi) is 6.29. The smallest absolute Gasteiger partial charge is 0.253 e. The van der Waals surface area contributed by atoms with Crippen molar-refractivity contribution in [3.05, 3.63) is 30.3 Å². The van der Waals surface area contributed by atoms with Gasteiger partial charge in [-0.05, 0) is 19.1 Å². The van der Waals surface area contributed by atoms with Gasteiger partial charge in [-0.2, -0.15) is 0 Å². The Morgan fingerprint density at radius 3 is 2.59 bits per heavy atom. The Hall–Kier alpha value is -1.39. The molecule has 4 nitrogen and oxygen atoms in total. The van der Waals surface area contributed by atoms with E-state index in [1.807, 2.05) is 37.3 Å². The van der Waals surface area contributed by atoms with Gasteiger partial charge in [-0.25, -0.2) is 0 Å². The van der Waals surface area contributed by atoms with Gasteiger partial charge >= 0.3 is 0 Å². The summed E-state index contributed by atoms with van der Waals surface area (Å²) in [6, 6.07) is 9.54. The van der Waals surface area contributed by atoms with Crippen LogP contribution in [0, 0.1) is 0 Å². The summed E-state index contributed by atoms with van der Waals surface area (Å²) >= 11 is 0. The van der Waals surface area contributed by atoms with E-state index in [1.54, 1.807) is 4.90 Å². The van der Waals surface area contributed by atoms with E-state index in [0.29, 0.717) is 19.8 Å². The summed E-state index contributed by atoms with van der Waals surface area (Å²) in [5, 5.41) is 0. The van der Waals surface area contributed by atoms with Crippen molar-refractivity contribution >= 4 is 11.6 Å². The molecule has 0 saturated carbocycles. The Morgan fingerprint density at radius 1 is 1.29 bits per heavy atom. The van der Waals surface area contributed by atoms with Crippen molar-refractivity contribution < 1.29 is 14.3 Å². The monoisotopic (exact) mass is 237 g/mol. The van der Waals surface area contributed by atoms with Gasteiger partial charge in [0.15, 0.2) is 0 Å².